The van der Waals surface area contributed by atoms with Gasteiger partial charge in [-0.25, -0.2) is 0 Å². The number of carbonyl (C=O) groups is 2. The second-order valence-corrected chi connectivity index (χ2v) is 8.35. The van der Waals surface area contributed by atoms with Gasteiger partial charge in [0.15, 0.2) is 0 Å². The Kier molecular flexibility index (Phi) is 8.13. The molecule has 0 fully saturated rings. The van der Waals surface area contributed by atoms with E-state index in [0.717, 1.165) is 41.5 Å². The number of alkyl halides is 3. The van der Waals surface area contributed by atoms with Gasteiger partial charge < -0.3 is 16.4 Å². The average Bonchev–Trinajstić information content (AvgIpc) is 3.08. The number of amides is 2. The molecule has 0 aromatic heterocycles. The minimum absolute atomic E-state index is 0.0723. The van der Waals surface area contributed by atoms with Gasteiger partial charge >= 0.3 is 6.18 Å². The largest absolute Gasteiger partial charge is 0.405 e. The molecule has 8 heteroatoms. The molecule has 0 heterocycles. The van der Waals surface area contributed by atoms with Crippen LogP contribution in [0, 0.1) is 0 Å². The summed E-state index contributed by atoms with van der Waals surface area (Å²) in [5.41, 5.74) is 7.47. The van der Waals surface area contributed by atoms with Crippen LogP contribution in [0.1, 0.15) is 49.7 Å². The first-order chi connectivity index (χ1) is 15.8. The van der Waals surface area contributed by atoms with E-state index in [1.54, 1.807) is 0 Å². The molecular formula is C25H30F3N3O2. The number of rotatable bonds is 11. The van der Waals surface area contributed by atoms with Gasteiger partial charge in [0.2, 0.25) is 11.8 Å². The molecule has 0 spiro atoms. The molecule has 2 amide bonds. The smallest absolute Gasteiger partial charge is 0.356 e. The van der Waals surface area contributed by atoms with Crippen molar-refractivity contribution in [2.75, 3.05) is 19.6 Å². The summed E-state index contributed by atoms with van der Waals surface area (Å²) in [5.74, 6) is -0.691. The standard InChI is InChI=1S/C25H30F3N3O2/c26-25(27,28)17-31-23(33)24(14-7-1-2-8-16-30-22(32)13-15-29)20-11-5-3-9-18(20)19-10-4-6-12-21(19)24/h3-6,9-12H,1-2,7-8,13-17,29H2,(H,30,32)(H,31,33). The van der Waals surface area contributed by atoms with Crippen LogP contribution in [-0.2, 0) is 15.0 Å². The number of halogens is 3. The molecule has 0 aliphatic heterocycles. The van der Waals surface area contributed by atoms with Crippen molar-refractivity contribution in [3.63, 3.8) is 0 Å². The topological polar surface area (TPSA) is 84.2 Å². The molecule has 1 aliphatic carbocycles. The molecular weight excluding hydrogens is 431 g/mol. The summed E-state index contributed by atoms with van der Waals surface area (Å²) in [6.07, 6.45) is -0.686. The van der Waals surface area contributed by atoms with Crippen LogP contribution in [0.2, 0.25) is 0 Å². The maximum absolute atomic E-state index is 13.4. The van der Waals surface area contributed by atoms with E-state index in [9.17, 15) is 22.8 Å². The van der Waals surface area contributed by atoms with Gasteiger partial charge in [0, 0.05) is 19.5 Å². The molecule has 4 N–H and O–H groups in total. The highest BCUT2D eigenvalue weighted by atomic mass is 19.4. The van der Waals surface area contributed by atoms with Crippen molar-refractivity contribution in [1.29, 1.82) is 0 Å². The molecule has 2 aromatic rings. The fourth-order valence-electron chi connectivity index (χ4n) is 4.60. The van der Waals surface area contributed by atoms with Crippen molar-refractivity contribution in [2.24, 2.45) is 5.73 Å². The first-order valence-corrected chi connectivity index (χ1v) is 11.3. The fraction of sp³-hybridized carbons (Fsp3) is 0.440. The first kappa shape index (κ1) is 24.8. The molecule has 0 bridgehead atoms. The molecule has 0 saturated carbocycles. The molecule has 1 aliphatic rings. The van der Waals surface area contributed by atoms with Crippen molar-refractivity contribution in [3.8, 4) is 11.1 Å². The lowest BCUT2D eigenvalue weighted by atomic mass is 9.73. The Hall–Kier alpha value is -2.87. The highest BCUT2D eigenvalue weighted by Crippen LogP contribution is 2.51. The Balaban J connectivity index is 1.75. The Morgan fingerprint density at radius 2 is 1.42 bits per heavy atom. The van der Waals surface area contributed by atoms with Crippen LogP contribution in [-0.4, -0.2) is 37.6 Å². The Labute approximate surface area is 191 Å². The first-order valence-electron chi connectivity index (χ1n) is 11.3. The van der Waals surface area contributed by atoms with Gasteiger partial charge in [0.05, 0.1) is 0 Å². The summed E-state index contributed by atoms with van der Waals surface area (Å²) < 4.78 is 38.7. The van der Waals surface area contributed by atoms with Crippen LogP contribution < -0.4 is 16.4 Å². The van der Waals surface area contributed by atoms with Crippen molar-refractivity contribution >= 4 is 11.8 Å². The van der Waals surface area contributed by atoms with Crippen LogP contribution >= 0.6 is 0 Å². The van der Waals surface area contributed by atoms with E-state index in [1.165, 1.54) is 0 Å². The van der Waals surface area contributed by atoms with Crippen LogP contribution in [0.15, 0.2) is 48.5 Å². The Bertz CT molecular complexity index is 930. The van der Waals surface area contributed by atoms with Gasteiger partial charge in [-0.1, -0.05) is 67.8 Å². The van der Waals surface area contributed by atoms with Crippen LogP contribution in [0.3, 0.4) is 0 Å². The molecule has 33 heavy (non-hydrogen) atoms. The average molecular weight is 462 g/mol. The van der Waals surface area contributed by atoms with E-state index in [0.29, 0.717) is 32.4 Å². The van der Waals surface area contributed by atoms with Gasteiger partial charge in [0.25, 0.3) is 0 Å². The number of hydrogen-bond acceptors (Lipinski definition) is 3. The third-order valence-corrected chi connectivity index (χ3v) is 6.07. The summed E-state index contributed by atoms with van der Waals surface area (Å²) in [6, 6.07) is 14.9. The summed E-state index contributed by atoms with van der Waals surface area (Å²) in [5, 5.41) is 4.96. The number of fused-ring (bicyclic) bond motifs is 3. The quantitative estimate of drug-likeness (QED) is 0.442. The summed E-state index contributed by atoms with van der Waals surface area (Å²) >= 11 is 0. The van der Waals surface area contributed by atoms with E-state index < -0.39 is 24.0 Å². The summed E-state index contributed by atoms with van der Waals surface area (Å²) in [6.45, 7) is -0.491. The SMILES string of the molecule is NCCC(=O)NCCCCCCC1(C(=O)NCC(F)(F)F)c2ccccc2-c2ccccc21. The van der Waals surface area contributed by atoms with Gasteiger partial charge in [-0.15, -0.1) is 0 Å². The zero-order valence-electron chi connectivity index (χ0n) is 18.5. The molecule has 0 saturated heterocycles. The maximum atomic E-state index is 13.4. The lowest BCUT2D eigenvalue weighted by Gasteiger charge is -2.31. The normalized spacial score (nSPS) is 13.8. The second kappa shape index (κ2) is 10.8. The second-order valence-electron chi connectivity index (χ2n) is 8.35. The predicted molar refractivity (Wildman–Crippen MR) is 121 cm³/mol. The molecule has 0 atom stereocenters. The monoisotopic (exact) mass is 461 g/mol. The van der Waals surface area contributed by atoms with E-state index >= 15 is 0 Å². The van der Waals surface area contributed by atoms with E-state index in [4.69, 9.17) is 5.73 Å². The Morgan fingerprint density at radius 3 is 2.00 bits per heavy atom. The van der Waals surface area contributed by atoms with E-state index in [1.807, 2.05) is 48.5 Å². The Morgan fingerprint density at radius 1 is 0.848 bits per heavy atom. The number of hydrogen-bond donors (Lipinski definition) is 3. The highest BCUT2D eigenvalue weighted by Gasteiger charge is 2.49. The summed E-state index contributed by atoms with van der Waals surface area (Å²) in [4.78, 5) is 24.8. The third-order valence-electron chi connectivity index (χ3n) is 6.07. The fourth-order valence-corrected chi connectivity index (χ4v) is 4.60. The zero-order chi connectivity index (χ0) is 23.9. The van der Waals surface area contributed by atoms with Crippen LogP contribution in [0.25, 0.3) is 11.1 Å². The minimum Gasteiger partial charge on any atom is -0.356 e. The van der Waals surface area contributed by atoms with E-state index in [2.05, 4.69) is 10.6 Å². The van der Waals surface area contributed by atoms with Crippen molar-refractivity contribution < 1.29 is 22.8 Å². The number of carbonyl (C=O) groups excluding carboxylic acids is 2. The van der Waals surface area contributed by atoms with Gasteiger partial charge in [0.1, 0.15) is 12.0 Å². The lowest BCUT2D eigenvalue weighted by Crippen LogP contribution is -2.47. The predicted octanol–water partition coefficient (Wildman–Crippen LogP) is 4.05. The third kappa shape index (κ3) is 5.74. The highest BCUT2D eigenvalue weighted by molar-refractivity contribution is 6.00. The van der Waals surface area contributed by atoms with Crippen LogP contribution in [0.4, 0.5) is 13.2 Å². The molecule has 0 radical (unpaired) electrons. The van der Waals surface area contributed by atoms with Gasteiger partial charge in [-0.05, 0) is 35.1 Å². The van der Waals surface area contributed by atoms with Crippen molar-refractivity contribution in [1.82, 2.24) is 10.6 Å². The molecule has 5 nitrogen and oxygen atoms in total. The molecule has 0 unspecified atom stereocenters. The minimum atomic E-state index is -4.48. The lowest BCUT2D eigenvalue weighted by molar-refractivity contribution is -0.141. The van der Waals surface area contributed by atoms with Gasteiger partial charge in [-0.3, -0.25) is 9.59 Å². The van der Waals surface area contributed by atoms with Crippen molar-refractivity contribution in [2.45, 2.75) is 50.1 Å². The van der Waals surface area contributed by atoms with E-state index in [-0.39, 0.29) is 5.91 Å². The number of benzene rings is 2. The van der Waals surface area contributed by atoms with Crippen LogP contribution in [0.5, 0.6) is 0 Å². The summed E-state index contributed by atoms with van der Waals surface area (Å²) in [7, 11) is 0. The number of unbranched alkanes of at least 4 members (excludes halogenated alkanes) is 3. The van der Waals surface area contributed by atoms with Gasteiger partial charge in [-0.2, -0.15) is 13.2 Å². The molecule has 2 aromatic carbocycles. The number of nitrogens with two attached hydrogens (primary N) is 1. The zero-order valence-corrected chi connectivity index (χ0v) is 18.5. The maximum Gasteiger partial charge on any atom is 0.405 e. The van der Waals surface area contributed by atoms with Crippen molar-refractivity contribution in [3.05, 3.63) is 59.7 Å². The molecule has 178 valence electrons. The number of nitrogens with one attached hydrogen (secondary N) is 2. The molecule has 3 rings (SSSR count).